The minimum Gasteiger partial charge on any atom is -0.385 e. The lowest BCUT2D eigenvalue weighted by Gasteiger charge is -2.22. The van der Waals surface area contributed by atoms with Crippen LogP contribution in [-0.2, 0) is 5.60 Å². The summed E-state index contributed by atoms with van der Waals surface area (Å²) in [6.45, 7) is 3.83. The Kier molecular flexibility index (Phi) is 3.17. The molecule has 0 spiro atoms. The maximum Gasteiger partial charge on any atom is 0.0865 e. The van der Waals surface area contributed by atoms with Gasteiger partial charge in [-0.05, 0) is 31.0 Å². The van der Waals surface area contributed by atoms with E-state index in [4.69, 9.17) is 0 Å². The monoisotopic (exact) mass is 193 g/mol. The van der Waals surface area contributed by atoms with Crippen LogP contribution >= 0.6 is 0 Å². The molecule has 0 fully saturated rings. The minimum atomic E-state index is -0.704. The molecule has 0 aliphatic heterocycles. The summed E-state index contributed by atoms with van der Waals surface area (Å²) in [5, 5.41) is 10.0. The summed E-state index contributed by atoms with van der Waals surface area (Å²) in [6.07, 6.45) is 0.730. The molecule has 0 bridgehead atoms. The lowest BCUT2D eigenvalue weighted by atomic mass is 9.93. The topological polar surface area (TPSA) is 23.5 Å². The fourth-order valence-electron chi connectivity index (χ4n) is 1.32. The van der Waals surface area contributed by atoms with E-state index in [-0.39, 0.29) is 0 Å². The summed E-state index contributed by atoms with van der Waals surface area (Å²) < 4.78 is 0. The van der Waals surface area contributed by atoms with Crippen LogP contribution in [0.2, 0.25) is 0 Å². The Morgan fingerprint density at radius 2 is 1.71 bits per heavy atom. The number of hydrogen-bond donors (Lipinski definition) is 1. The van der Waals surface area contributed by atoms with Crippen molar-refractivity contribution in [1.29, 1.82) is 0 Å². The van der Waals surface area contributed by atoms with Gasteiger partial charge in [-0.25, -0.2) is 0 Å². The first kappa shape index (κ1) is 11.1. The Morgan fingerprint density at radius 3 is 2.07 bits per heavy atom. The van der Waals surface area contributed by atoms with Crippen LogP contribution in [0.1, 0.15) is 25.8 Å². The Labute approximate surface area is 86.2 Å². The van der Waals surface area contributed by atoms with E-state index in [2.05, 4.69) is 0 Å². The van der Waals surface area contributed by atoms with Crippen molar-refractivity contribution in [1.82, 2.24) is 0 Å². The highest BCUT2D eigenvalue weighted by atomic mass is 16.3. The number of nitrogens with zero attached hydrogens (tertiary/aromatic N) is 1. The summed E-state index contributed by atoms with van der Waals surface area (Å²) in [5.74, 6) is 0. The fourth-order valence-corrected chi connectivity index (χ4v) is 1.32. The highest BCUT2D eigenvalue weighted by Crippen LogP contribution is 2.25. The normalized spacial score (nSPS) is 14.9. The molecular formula is C12H19NO. The third-order valence-electron chi connectivity index (χ3n) is 2.69. The molecule has 2 nitrogen and oxygen atoms in total. The first-order chi connectivity index (χ1) is 6.47. The second-order valence-electron chi connectivity index (χ2n) is 4.07. The van der Waals surface area contributed by atoms with Crippen molar-refractivity contribution in [2.75, 3.05) is 19.0 Å². The molecule has 1 aromatic carbocycles. The van der Waals surface area contributed by atoms with E-state index in [1.54, 1.807) is 0 Å². The molecule has 0 aliphatic carbocycles. The smallest absolute Gasteiger partial charge is 0.0865 e. The molecule has 1 aromatic rings. The van der Waals surface area contributed by atoms with Crippen LogP contribution in [0.4, 0.5) is 5.69 Å². The molecule has 1 atom stereocenters. The van der Waals surface area contributed by atoms with Gasteiger partial charge in [-0.3, -0.25) is 0 Å². The van der Waals surface area contributed by atoms with E-state index in [1.807, 2.05) is 57.1 Å². The lowest BCUT2D eigenvalue weighted by Crippen LogP contribution is -2.19. The van der Waals surface area contributed by atoms with Gasteiger partial charge in [0.2, 0.25) is 0 Å². The van der Waals surface area contributed by atoms with Crippen molar-refractivity contribution < 1.29 is 5.11 Å². The second kappa shape index (κ2) is 4.01. The van der Waals surface area contributed by atoms with Crippen LogP contribution < -0.4 is 4.90 Å². The maximum absolute atomic E-state index is 10.0. The molecule has 0 aliphatic rings. The highest BCUT2D eigenvalue weighted by Gasteiger charge is 2.19. The molecule has 0 amide bonds. The predicted molar refractivity (Wildman–Crippen MR) is 60.6 cm³/mol. The molecule has 1 rings (SSSR count). The van der Waals surface area contributed by atoms with Gasteiger partial charge in [0.05, 0.1) is 5.60 Å². The van der Waals surface area contributed by atoms with Crippen molar-refractivity contribution in [2.24, 2.45) is 0 Å². The van der Waals surface area contributed by atoms with Gasteiger partial charge in [-0.15, -0.1) is 0 Å². The van der Waals surface area contributed by atoms with Gasteiger partial charge in [0, 0.05) is 19.8 Å². The van der Waals surface area contributed by atoms with Crippen molar-refractivity contribution in [3.8, 4) is 0 Å². The van der Waals surface area contributed by atoms with Gasteiger partial charge < -0.3 is 10.0 Å². The van der Waals surface area contributed by atoms with Gasteiger partial charge in [0.15, 0.2) is 0 Å². The van der Waals surface area contributed by atoms with Crippen LogP contribution in [0, 0.1) is 0 Å². The largest absolute Gasteiger partial charge is 0.385 e. The molecule has 14 heavy (non-hydrogen) atoms. The molecule has 78 valence electrons. The third kappa shape index (κ3) is 2.26. The molecule has 0 radical (unpaired) electrons. The van der Waals surface area contributed by atoms with Crippen LogP contribution in [0.25, 0.3) is 0 Å². The molecule has 0 heterocycles. The van der Waals surface area contributed by atoms with Crippen molar-refractivity contribution in [2.45, 2.75) is 25.9 Å². The predicted octanol–water partition coefficient (Wildman–Crippen LogP) is 2.37. The van der Waals surface area contributed by atoms with Gasteiger partial charge in [-0.2, -0.15) is 0 Å². The number of anilines is 1. The molecular weight excluding hydrogens is 174 g/mol. The summed E-state index contributed by atoms with van der Waals surface area (Å²) in [6, 6.07) is 8.02. The maximum atomic E-state index is 10.0. The van der Waals surface area contributed by atoms with Crippen LogP contribution in [0.15, 0.2) is 24.3 Å². The molecule has 0 unspecified atom stereocenters. The Morgan fingerprint density at radius 1 is 1.21 bits per heavy atom. The van der Waals surface area contributed by atoms with E-state index >= 15 is 0 Å². The molecule has 0 saturated carbocycles. The zero-order valence-corrected chi connectivity index (χ0v) is 9.41. The standard InChI is InChI=1S/C12H19NO/c1-5-12(2,14)10-6-8-11(9-7-10)13(3)4/h6-9,14H,5H2,1-4H3/t12-/m0/s1. The molecule has 0 saturated heterocycles. The van der Waals surface area contributed by atoms with Gasteiger partial charge in [-0.1, -0.05) is 19.1 Å². The Bertz CT molecular complexity index is 288. The average molecular weight is 193 g/mol. The first-order valence-electron chi connectivity index (χ1n) is 4.97. The molecule has 2 heteroatoms. The van der Waals surface area contributed by atoms with Gasteiger partial charge in [0.1, 0.15) is 0 Å². The lowest BCUT2D eigenvalue weighted by molar-refractivity contribution is 0.0531. The molecule has 1 N–H and O–H groups in total. The quantitative estimate of drug-likeness (QED) is 0.796. The first-order valence-corrected chi connectivity index (χ1v) is 4.97. The third-order valence-corrected chi connectivity index (χ3v) is 2.69. The van der Waals surface area contributed by atoms with Crippen LogP contribution in [-0.4, -0.2) is 19.2 Å². The van der Waals surface area contributed by atoms with Gasteiger partial charge >= 0.3 is 0 Å². The highest BCUT2D eigenvalue weighted by molar-refractivity contribution is 5.46. The number of rotatable bonds is 3. The van der Waals surface area contributed by atoms with Crippen molar-refractivity contribution >= 4 is 5.69 Å². The summed E-state index contributed by atoms with van der Waals surface area (Å²) in [7, 11) is 4.01. The summed E-state index contributed by atoms with van der Waals surface area (Å²) in [4.78, 5) is 2.05. The summed E-state index contributed by atoms with van der Waals surface area (Å²) >= 11 is 0. The SMILES string of the molecule is CC[C@](C)(O)c1ccc(N(C)C)cc1. The Hall–Kier alpha value is -1.02. The second-order valence-corrected chi connectivity index (χ2v) is 4.07. The zero-order chi connectivity index (χ0) is 10.8. The van der Waals surface area contributed by atoms with E-state index in [0.717, 1.165) is 17.7 Å². The van der Waals surface area contributed by atoms with Crippen LogP contribution in [0.5, 0.6) is 0 Å². The fraction of sp³-hybridized carbons (Fsp3) is 0.500. The van der Waals surface area contributed by atoms with E-state index in [9.17, 15) is 5.11 Å². The van der Waals surface area contributed by atoms with Crippen molar-refractivity contribution in [3.05, 3.63) is 29.8 Å². The Balaban J connectivity index is 2.94. The number of hydrogen-bond acceptors (Lipinski definition) is 2. The zero-order valence-electron chi connectivity index (χ0n) is 9.41. The molecule has 0 aromatic heterocycles. The average Bonchev–Trinajstić information content (AvgIpc) is 2.18. The van der Waals surface area contributed by atoms with Crippen molar-refractivity contribution in [3.63, 3.8) is 0 Å². The van der Waals surface area contributed by atoms with E-state index in [1.165, 1.54) is 0 Å². The van der Waals surface area contributed by atoms with E-state index in [0.29, 0.717) is 0 Å². The van der Waals surface area contributed by atoms with Crippen LogP contribution in [0.3, 0.4) is 0 Å². The number of aliphatic hydroxyl groups is 1. The van der Waals surface area contributed by atoms with E-state index < -0.39 is 5.60 Å². The summed E-state index contributed by atoms with van der Waals surface area (Å²) in [5.41, 5.74) is 1.43. The minimum absolute atomic E-state index is 0.704. The number of benzene rings is 1. The van der Waals surface area contributed by atoms with Gasteiger partial charge in [0.25, 0.3) is 0 Å².